The Balaban J connectivity index is 1.88. The fourth-order valence-electron chi connectivity index (χ4n) is 3.87. The molecule has 0 radical (unpaired) electrons. The molecule has 0 atom stereocenters. The standard InChI is InChI=1S/C26H25Cl2N3O4S/c1-30-13-12-29-26(30)17-31(36(32,33)21-9-11-24(34-2)25(16-21)35-3)23-10-8-20(27)15-19(23)14-18-6-4-5-7-22(18)28/h4-13,15-16H,14,17H2,1-3H3. The van der Waals surface area contributed by atoms with Crippen molar-refractivity contribution < 1.29 is 17.9 Å². The van der Waals surface area contributed by atoms with Crippen LogP contribution in [0.25, 0.3) is 0 Å². The van der Waals surface area contributed by atoms with E-state index in [4.69, 9.17) is 32.7 Å². The highest BCUT2D eigenvalue weighted by Gasteiger charge is 2.29. The Labute approximate surface area is 220 Å². The summed E-state index contributed by atoms with van der Waals surface area (Å²) in [7, 11) is 0.695. The lowest BCUT2D eigenvalue weighted by molar-refractivity contribution is 0.354. The van der Waals surface area contributed by atoms with Gasteiger partial charge in [-0.2, -0.15) is 0 Å². The van der Waals surface area contributed by atoms with Crippen molar-refractivity contribution in [2.45, 2.75) is 17.9 Å². The van der Waals surface area contributed by atoms with E-state index >= 15 is 0 Å². The number of methoxy groups -OCH3 is 2. The van der Waals surface area contributed by atoms with E-state index in [0.717, 1.165) is 5.56 Å². The number of halogens is 2. The van der Waals surface area contributed by atoms with Gasteiger partial charge in [0.2, 0.25) is 0 Å². The Hall–Kier alpha value is -3.20. The fraction of sp³-hybridized carbons (Fsp3) is 0.192. The SMILES string of the molecule is COc1ccc(S(=O)(=O)N(Cc2nccn2C)c2ccc(Cl)cc2Cc2ccccc2Cl)cc1OC. The quantitative estimate of drug-likeness (QED) is 0.268. The molecule has 0 aliphatic rings. The molecule has 0 fully saturated rings. The molecule has 10 heteroatoms. The molecule has 0 N–H and O–H groups in total. The fourth-order valence-corrected chi connectivity index (χ4v) is 5.74. The first-order valence-corrected chi connectivity index (χ1v) is 13.2. The number of aryl methyl sites for hydroxylation is 1. The monoisotopic (exact) mass is 545 g/mol. The topological polar surface area (TPSA) is 73.7 Å². The van der Waals surface area contributed by atoms with Crippen molar-refractivity contribution >= 4 is 38.9 Å². The van der Waals surface area contributed by atoms with Gasteiger partial charge >= 0.3 is 0 Å². The molecule has 0 aliphatic heterocycles. The van der Waals surface area contributed by atoms with E-state index in [-0.39, 0.29) is 11.4 Å². The summed E-state index contributed by atoms with van der Waals surface area (Å²) >= 11 is 12.8. The zero-order valence-corrected chi connectivity index (χ0v) is 22.3. The van der Waals surface area contributed by atoms with E-state index < -0.39 is 10.0 Å². The van der Waals surface area contributed by atoms with E-state index in [9.17, 15) is 8.42 Å². The highest BCUT2D eigenvalue weighted by atomic mass is 35.5. The largest absolute Gasteiger partial charge is 0.493 e. The summed E-state index contributed by atoms with van der Waals surface area (Å²) in [6.45, 7) is -0.00265. The van der Waals surface area contributed by atoms with Crippen LogP contribution in [0.15, 0.2) is 78.0 Å². The number of hydrogen-bond acceptors (Lipinski definition) is 5. The number of rotatable bonds is 9. The van der Waals surface area contributed by atoms with Crippen LogP contribution >= 0.6 is 23.2 Å². The van der Waals surface area contributed by atoms with Gasteiger partial charge in [-0.15, -0.1) is 0 Å². The minimum Gasteiger partial charge on any atom is -0.493 e. The molecule has 4 aromatic rings. The van der Waals surface area contributed by atoms with Crippen molar-refractivity contribution in [2.75, 3.05) is 18.5 Å². The number of benzene rings is 3. The average Bonchev–Trinajstić information content (AvgIpc) is 3.28. The van der Waals surface area contributed by atoms with Gasteiger partial charge in [-0.05, 0) is 47.5 Å². The normalized spacial score (nSPS) is 11.4. The highest BCUT2D eigenvalue weighted by Crippen LogP contribution is 2.36. The van der Waals surface area contributed by atoms with Crippen LogP contribution < -0.4 is 13.8 Å². The van der Waals surface area contributed by atoms with Crippen LogP contribution in [0.1, 0.15) is 17.0 Å². The Bertz CT molecular complexity index is 1490. The summed E-state index contributed by atoms with van der Waals surface area (Å²) in [6, 6.07) is 17.1. The summed E-state index contributed by atoms with van der Waals surface area (Å²) in [6.07, 6.45) is 3.78. The van der Waals surface area contributed by atoms with Crippen LogP contribution in [-0.4, -0.2) is 32.2 Å². The smallest absolute Gasteiger partial charge is 0.264 e. The van der Waals surface area contributed by atoms with Crippen LogP contribution in [0.2, 0.25) is 10.0 Å². The van der Waals surface area contributed by atoms with Crippen molar-refractivity contribution in [2.24, 2.45) is 7.05 Å². The van der Waals surface area contributed by atoms with Gasteiger partial charge in [0.1, 0.15) is 5.82 Å². The number of aromatic nitrogens is 2. The second-order valence-electron chi connectivity index (χ2n) is 8.02. The van der Waals surface area contributed by atoms with Crippen molar-refractivity contribution in [3.8, 4) is 11.5 Å². The molecule has 36 heavy (non-hydrogen) atoms. The molecule has 0 aliphatic carbocycles. The van der Waals surface area contributed by atoms with Crippen LogP contribution in [0.5, 0.6) is 11.5 Å². The molecule has 1 heterocycles. The second kappa shape index (κ2) is 10.8. The second-order valence-corrected chi connectivity index (χ2v) is 10.7. The highest BCUT2D eigenvalue weighted by molar-refractivity contribution is 7.92. The van der Waals surface area contributed by atoms with Gasteiger partial charge in [0.15, 0.2) is 11.5 Å². The van der Waals surface area contributed by atoms with Gasteiger partial charge in [-0.25, -0.2) is 13.4 Å². The van der Waals surface area contributed by atoms with Crippen molar-refractivity contribution in [1.29, 1.82) is 0 Å². The molecule has 4 rings (SSSR count). The minimum absolute atomic E-state index is 0.00265. The van der Waals surface area contributed by atoms with Gasteiger partial charge in [0.25, 0.3) is 10.0 Å². The molecule has 0 bridgehead atoms. The maximum atomic E-state index is 14.1. The van der Waals surface area contributed by atoms with Gasteiger partial charge in [0, 0.05) is 42.0 Å². The summed E-state index contributed by atoms with van der Waals surface area (Å²) in [5.41, 5.74) is 2.02. The number of hydrogen-bond donors (Lipinski definition) is 0. The van der Waals surface area contributed by atoms with Crippen LogP contribution in [-0.2, 0) is 30.0 Å². The lowest BCUT2D eigenvalue weighted by atomic mass is 10.0. The maximum absolute atomic E-state index is 14.1. The van der Waals surface area contributed by atoms with E-state index in [1.54, 1.807) is 47.3 Å². The summed E-state index contributed by atoms with van der Waals surface area (Å²) < 4.78 is 42.0. The molecular weight excluding hydrogens is 521 g/mol. The first kappa shape index (κ1) is 25.9. The molecule has 188 valence electrons. The van der Waals surface area contributed by atoms with Gasteiger partial charge in [0.05, 0.1) is 31.3 Å². The van der Waals surface area contributed by atoms with Gasteiger partial charge in [-0.1, -0.05) is 41.4 Å². The molecule has 1 aromatic heterocycles. The lowest BCUT2D eigenvalue weighted by Gasteiger charge is -2.27. The summed E-state index contributed by atoms with van der Waals surface area (Å²) in [5.74, 6) is 1.30. The molecule has 0 amide bonds. The van der Waals surface area contributed by atoms with E-state index in [0.29, 0.717) is 45.0 Å². The van der Waals surface area contributed by atoms with E-state index in [1.807, 2.05) is 25.2 Å². The van der Waals surface area contributed by atoms with Gasteiger partial charge in [-0.3, -0.25) is 4.31 Å². The van der Waals surface area contributed by atoms with E-state index in [2.05, 4.69) is 4.98 Å². The maximum Gasteiger partial charge on any atom is 0.264 e. The summed E-state index contributed by atoms with van der Waals surface area (Å²) in [5, 5.41) is 1.07. The molecule has 3 aromatic carbocycles. The summed E-state index contributed by atoms with van der Waals surface area (Å²) in [4.78, 5) is 4.41. The molecule has 7 nitrogen and oxygen atoms in total. The van der Waals surface area contributed by atoms with Crippen LogP contribution in [0.3, 0.4) is 0 Å². The predicted molar refractivity (Wildman–Crippen MR) is 142 cm³/mol. The number of imidazole rings is 1. The zero-order chi connectivity index (χ0) is 25.9. The van der Waals surface area contributed by atoms with Gasteiger partial charge < -0.3 is 14.0 Å². The molecule has 0 unspecified atom stereocenters. The van der Waals surface area contributed by atoms with Crippen molar-refractivity contribution in [3.05, 3.63) is 100 Å². The van der Waals surface area contributed by atoms with Crippen LogP contribution in [0, 0.1) is 0 Å². The zero-order valence-electron chi connectivity index (χ0n) is 20.0. The van der Waals surface area contributed by atoms with Crippen molar-refractivity contribution in [1.82, 2.24) is 9.55 Å². The first-order chi connectivity index (χ1) is 17.2. The third-order valence-electron chi connectivity index (χ3n) is 5.80. The minimum atomic E-state index is -4.07. The Morgan fingerprint density at radius 3 is 2.36 bits per heavy atom. The molecule has 0 saturated heterocycles. The van der Waals surface area contributed by atoms with Crippen molar-refractivity contribution in [3.63, 3.8) is 0 Å². The molecule has 0 saturated carbocycles. The lowest BCUT2D eigenvalue weighted by Crippen LogP contribution is -2.32. The predicted octanol–water partition coefficient (Wildman–Crippen LogP) is 5.73. The third-order valence-corrected chi connectivity index (χ3v) is 8.16. The Kier molecular flexibility index (Phi) is 7.78. The molecular formula is C26H25Cl2N3O4S. The average molecular weight is 546 g/mol. The Morgan fingerprint density at radius 2 is 1.69 bits per heavy atom. The number of sulfonamides is 1. The molecule has 0 spiro atoms. The number of ether oxygens (including phenoxy) is 2. The first-order valence-electron chi connectivity index (χ1n) is 11.0. The number of anilines is 1. The van der Waals surface area contributed by atoms with Crippen LogP contribution in [0.4, 0.5) is 5.69 Å². The van der Waals surface area contributed by atoms with E-state index in [1.165, 1.54) is 30.7 Å². The number of nitrogens with zero attached hydrogens (tertiary/aromatic N) is 3. The Morgan fingerprint density at radius 1 is 0.944 bits per heavy atom. The third kappa shape index (κ3) is 5.31.